The number of hydrogen-bond acceptors (Lipinski definition) is 4. The molecule has 0 fully saturated rings. The SMILES string of the molecule is CC(C)(C)c1ccc(O)c(NC(=S)NC(=O)CSc2ccc(Cl)cc2)c1. The Bertz CT molecular complexity index is 802. The molecule has 0 aromatic heterocycles. The fraction of sp³-hybridized carbons (Fsp3) is 0.263. The first-order valence-corrected chi connectivity index (χ1v) is 9.75. The zero-order chi connectivity index (χ0) is 19.3. The monoisotopic (exact) mass is 408 g/mol. The van der Waals surface area contributed by atoms with E-state index in [9.17, 15) is 9.90 Å². The number of hydrogen-bond donors (Lipinski definition) is 3. The van der Waals surface area contributed by atoms with Crippen LogP contribution in [-0.2, 0) is 10.2 Å². The fourth-order valence-electron chi connectivity index (χ4n) is 2.10. The molecule has 0 aliphatic carbocycles. The lowest BCUT2D eigenvalue weighted by molar-refractivity contribution is -0.117. The minimum Gasteiger partial charge on any atom is -0.506 e. The third-order valence-corrected chi connectivity index (χ3v) is 5.02. The van der Waals surface area contributed by atoms with Gasteiger partial charge in [0.1, 0.15) is 5.75 Å². The number of carbonyl (C=O) groups is 1. The Labute approximate surface area is 168 Å². The first-order chi connectivity index (χ1) is 12.1. The van der Waals surface area contributed by atoms with Crippen LogP contribution in [0.5, 0.6) is 5.75 Å². The van der Waals surface area contributed by atoms with E-state index in [1.165, 1.54) is 11.8 Å². The van der Waals surface area contributed by atoms with Gasteiger partial charge in [-0.3, -0.25) is 4.79 Å². The second kappa shape index (κ2) is 8.75. The number of aromatic hydroxyl groups is 1. The van der Waals surface area contributed by atoms with Gasteiger partial charge in [0.25, 0.3) is 0 Å². The van der Waals surface area contributed by atoms with Crippen molar-refractivity contribution in [2.24, 2.45) is 0 Å². The minimum atomic E-state index is -0.228. The molecule has 0 atom stereocenters. The maximum Gasteiger partial charge on any atom is 0.236 e. The molecule has 0 spiro atoms. The van der Waals surface area contributed by atoms with E-state index in [-0.39, 0.29) is 27.9 Å². The molecule has 0 heterocycles. The Hall–Kier alpha value is -1.76. The van der Waals surface area contributed by atoms with Crippen molar-refractivity contribution >= 4 is 52.3 Å². The molecule has 7 heteroatoms. The number of phenolic OH excluding ortho intramolecular Hbond substituents is 1. The summed E-state index contributed by atoms with van der Waals surface area (Å²) in [4.78, 5) is 13.0. The number of thioether (sulfide) groups is 1. The van der Waals surface area contributed by atoms with E-state index < -0.39 is 0 Å². The van der Waals surface area contributed by atoms with E-state index in [4.69, 9.17) is 23.8 Å². The summed E-state index contributed by atoms with van der Waals surface area (Å²) in [5.74, 6) is 0.0661. The highest BCUT2D eigenvalue weighted by molar-refractivity contribution is 8.00. The van der Waals surface area contributed by atoms with Gasteiger partial charge in [-0.25, -0.2) is 0 Å². The molecule has 2 rings (SSSR count). The molecule has 0 saturated heterocycles. The summed E-state index contributed by atoms with van der Waals surface area (Å²) in [5.41, 5.74) is 1.45. The van der Waals surface area contributed by atoms with Gasteiger partial charge in [-0.15, -0.1) is 11.8 Å². The van der Waals surface area contributed by atoms with E-state index in [0.29, 0.717) is 10.7 Å². The summed E-state index contributed by atoms with van der Waals surface area (Å²) >= 11 is 12.4. The Morgan fingerprint density at radius 2 is 1.85 bits per heavy atom. The van der Waals surface area contributed by atoms with Crippen LogP contribution >= 0.6 is 35.6 Å². The summed E-state index contributed by atoms with van der Waals surface area (Å²) in [6.07, 6.45) is 0. The van der Waals surface area contributed by atoms with Gasteiger partial charge in [-0.2, -0.15) is 0 Å². The van der Waals surface area contributed by atoms with Gasteiger partial charge >= 0.3 is 0 Å². The highest BCUT2D eigenvalue weighted by Crippen LogP contribution is 2.30. The standard InChI is InChI=1S/C19H21ClN2O2S2/c1-19(2,3)12-4-9-16(23)15(10-12)21-18(25)22-17(24)11-26-14-7-5-13(20)6-8-14/h4-10,23H,11H2,1-3H3,(H2,21,22,24,25). The predicted octanol–water partition coefficient (Wildman–Crippen LogP) is 4.95. The number of thiocarbonyl (C=S) groups is 1. The second-order valence-corrected chi connectivity index (χ2v) is 8.62. The van der Waals surface area contributed by atoms with Crippen LogP contribution < -0.4 is 10.6 Å². The number of carbonyl (C=O) groups excluding carboxylic acids is 1. The number of amides is 1. The maximum absolute atomic E-state index is 12.0. The molecule has 0 aliphatic heterocycles. The Balaban J connectivity index is 1.91. The van der Waals surface area contributed by atoms with Gasteiger partial charge in [-0.1, -0.05) is 38.4 Å². The van der Waals surface area contributed by atoms with Crippen LogP contribution in [-0.4, -0.2) is 21.9 Å². The van der Waals surface area contributed by atoms with Crippen molar-refractivity contribution in [3.05, 3.63) is 53.1 Å². The smallest absolute Gasteiger partial charge is 0.236 e. The summed E-state index contributed by atoms with van der Waals surface area (Å²) in [5, 5.41) is 16.3. The minimum absolute atomic E-state index is 0.0653. The Morgan fingerprint density at radius 1 is 1.19 bits per heavy atom. The average molecular weight is 409 g/mol. The number of halogens is 1. The van der Waals surface area contributed by atoms with E-state index in [2.05, 4.69) is 31.4 Å². The number of benzene rings is 2. The van der Waals surface area contributed by atoms with E-state index in [0.717, 1.165) is 10.5 Å². The van der Waals surface area contributed by atoms with Gasteiger partial charge in [0, 0.05) is 9.92 Å². The number of nitrogens with one attached hydrogen (secondary N) is 2. The first-order valence-electron chi connectivity index (χ1n) is 7.98. The molecule has 2 aromatic rings. The van der Waals surface area contributed by atoms with Crippen LogP contribution in [0.4, 0.5) is 5.69 Å². The summed E-state index contributed by atoms with van der Waals surface area (Å²) in [6.45, 7) is 6.24. The molecule has 0 saturated carbocycles. The van der Waals surface area contributed by atoms with Crippen molar-refractivity contribution in [2.45, 2.75) is 31.1 Å². The quantitative estimate of drug-likeness (QED) is 0.379. The highest BCUT2D eigenvalue weighted by atomic mass is 35.5. The lowest BCUT2D eigenvalue weighted by Gasteiger charge is -2.21. The normalized spacial score (nSPS) is 11.1. The number of phenols is 1. The topological polar surface area (TPSA) is 61.4 Å². The summed E-state index contributed by atoms with van der Waals surface area (Å²) < 4.78 is 0. The van der Waals surface area contributed by atoms with Gasteiger partial charge < -0.3 is 15.7 Å². The van der Waals surface area contributed by atoms with Gasteiger partial charge in [0.2, 0.25) is 5.91 Å². The third-order valence-electron chi connectivity index (χ3n) is 3.55. The van der Waals surface area contributed by atoms with Crippen LogP contribution in [0.25, 0.3) is 0 Å². The van der Waals surface area contributed by atoms with Crippen molar-refractivity contribution in [3.63, 3.8) is 0 Å². The van der Waals surface area contributed by atoms with Gasteiger partial charge in [0.05, 0.1) is 11.4 Å². The fourth-order valence-corrected chi connectivity index (χ4v) is 3.15. The third kappa shape index (κ3) is 6.20. The van der Waals surface area contributed by atoms with Crippen molar-refractivity contribution < 1.29 is 9.90 Å². The van der Waals surface area contributed by atoms with Crippen molar-refractivity contribution in [2.75, 3.05) is 11.1 Å². The van der Waals surface area contributed by atoms with Crippen molar-refractivity contribution in [3.8, 4) is 5.75 Å². The first kappa shape index (κ1) is 20.6. The van der Waals surface area contributed by atoms with E-state index in [1.54, 1.807) is 18.2 Å². The molecule has 3 N–H and O–H groups in total. The molecule has 4 nitrogen and oxygen atoms in total. The van der Waals surface area contributed by atoms with Crippen LogP contribution in [0.1, 0.15) is 26.3 Å². The molecule has 0 unspecified atom stereocenters. The van der Waals surface area contributed by atoms with Gasteiger partial charge in [-0.05, 0) is 59.6 Å². The van der Waals surface area contributed by atoms with Crippen LogP contribution in [0, 0.1) is 0 Å². The summed E-state index contributed by atoms with van der Waals surface area (Å²) in [6, 6.07) is 12.6. The molecular weight excluding hydrogens is 388 g/mol. The van der Waals surface area contributed by atoms with Crippen LogP contribution in [0.2, 0.25) is 5.02 Å². The average Bonchev–Trinajstić information content (AvgIpc) is 2.55. The van der Waals surface area contributed by atoms with Crippen LogP contribution in [0.3, 0.4) is 0 Å². The molecule has 0 radical (unpaired) electrons. The van der Waals surface area contributed by atoms with Crippen LogP contribution in [0.15, 0.2) is 47.4 Å². The molecule has 1 amide bonds. The highest BCUT2D eigenvalue weighted by Gasteiger charge is 2.16. The van der Waals surface area contributed by atoms with Crippen molar-refractivity contribution in [1.29, 1.82) is 0 Å². The lowest BCUT2D eigenvalue weighted by Crippen LogP contribution is -2.35. The maximum atomic E-state index is 12.0. The Morgan fingerprint density at radius 3 is 2.46 bits per heavy atom. The number of rotatable bonds is 4. The largest absolute Gasteiger partial charge is 0.506 e. The molecular formula is C19H21ClN2O2S2. The van der Waals surface area contributed by atoms with E-state index in [1.807, 2.05) is 24.3 Å². The van der Waals surface area contributed by atoms with Crippen molar-refractivity contribution in [1.82, 2.24) is 5.32 Å². The van der Waals surface area contributed by atoms with Gasteiger partial charge in [0.15, 0.2) is 5.11 Å². The molecule has 2 aromatic carbocycles. The molecule has 0 aliphatic rings. The zero-order valence-corrected chi connectivity index (χ0v) is 17.2. The zero-order valence-electron chi connectivity index (χ0n) is 14.8. The molecule has 26 heavy (non-hydrogen) atoms. The molecule has 0 bridgehead atoms. The second-order valence-electron chi connectivity index (χ2n) is 6.73. The lowest BCUT2D eigenvalue weighted by atomic mass is 9.87. The summed E-state index contributed by atoms with van der Waals surface area (Å²) in [7, 11) is 0. The molecule has 138 valence electrons. The van der Waals surface area contributed by atoms with E-state index >= 15 is 0 Å². The predicted molar refractivity (Wildman–Crippen MR) is 113 cm³/mol. The number of anilines is 1. The Kier molecular flexibility index (Phi) is 6.92.